The Kier molecular flexibility index (Phi) is 5.16. The molecule has 0 aliphatic heterocycles. The van der Waals surface area contributed by atoms with Gasteiger partial charge in [0.1, 0.15) is 5.78 Å². The first-order valence-electron chi connectivity index (χ1n) is 5.95. The monoisotopic (exact) mass is 197 g/mol. The van der Waals surface area contributed by atoms with Crippen LogP contribution in [0.3, 0.4) is 0 Å². The molecule has 0 aromatic heterocycles. The Hall–Kier alpha value is -0.370. The molecule has 0 radical (unpaired) electrons. The molecule has 1 saturated carbocycles. The van der Waals surface area contributed by atoms with Crippen LogP contribution in [0.1, 0.15) is 45.4 Å². The molecular formula is C12H23NO. The molecular weight excluding hydrogens is 174 g/mol. The van der Waals surface area contributed by atoms with Crippen LogP contribution in [0.15, 0.2) is 0 Å². The van der Waals surface area contributed by atoms with E-state index in [2.05, 4.69) is 18.9 Å². The lowest BCUT2D eigenvalue weighted by Gasteiger charge is -2.17. The Morgan fingerprint density at radius 2 is 2.00 bits per heavy atom. The molecule has 0 heterocycles. The van der Waals surface area contributed by atoms with Crippen molar-refractivity contribution in [3.8, 4) is 0 Å². The van der Waals surface area contributed by atoms with E-state index >= 15 is 0 Å². The lowest BCUT2D eigenvalue weighted by atomic mass is 10.0. The van der Waals surface area contributed by atoms with Gasteiger partial charge in [0.2, 0.25) is 0 Å². The lowest BCUT2D eigenvalue weighted by molar-refractivity contribution is -0.123. The third-order valence-electron chi connectivity index (χ3n) is 3.13. The van der Waals surface area contributed by atoms with Crippen LogP contribution in [-0.4, -0.2) is 30.8 Å². The number of nitrogens with zero attached hydrogens (tertiary/aromatic N) is 1. The van der Waals surface area contributed by atoms with Crippen LogP contribution in [0.5, 0.6) is 0 Å². The summed E-state index contributed by atoms with van der Waals surface area (Å²) in [6.45, 7) is 3.92. The second-order valence-corrected chi connectivity index (χ2v) is 4.54. The van der Waals surface area contributed by atoms with Gasteiger partial charge in [0.05, 0.1) is 6.54 Å². The van der Waals surface area contributed by atoms with Gasteiger partial charge in [-0.2, -0.15) is 0 Å². The highest BCUT2D eigenvalue weighted by atomic mass is 16.1. The predicted octanol–water partition coefficient (Wildman–Crippen LogP) is 2.48. The van der Waals surface area contributed by atoms with Gasteiger partial charge in [-0.3, -0.25) is 9.69 Å². The number of carbonyl (C=O) groups excluding carboxylic acids is 1. The van der Waals surface area contributed by atoms with Gasteiger partial charge in [-0.1, -0.05) is 26.2 Å². The summed E-state index contributed by atoms with van der Waals surface area (Å²) in [6, 6.07) is 0. The molecule has 2 nitrogen and oxygen atoms in total. The third kappa shape index (κ3) is 3.79. The van der Waals surface area contributed by atoms with Crippen molar-refractivity contribution in [2.75, 3.05) is 20.1 Å². The fourth-order valence-electron chi connectivity index (χ4n) is 2.15. The van der Waals surface area contributed by atoms with Gasteiger partial charge < -0.3 is 0 Å². The van der Waals surface area contributed by atoms with E-state index in [-0.39, 0.29) is 0 Å². The summed E-state index contributed by atoms with van der Waals surface area (Å²) < 4.78 is 0. The highest BCUT2D eigenvalue weighted by molar-refractivity contribution is 5.83. The minimum absolute atomic E-state index is 0.388. The summed E-state index contributed by atoms with van der Waals surface area (Å²) in [6.07, 6.45) is 7.21. The molecule has 0 atom stereocenters. The first kappa shape index (κ1) is 11.7. The van der Waals surface area contributed by atoms with Crippen LogP contribution in [0, 0.1) is 5.92 Å². The van der Waals surface area contributed by atoms with Gasteiger partial charge in [0, 0.05) is 5.92 Å². The van der Waals surface area contributed by atoms with E-state index in [0.717, 1.165) is 19.4 Å². The zero-order valence-corrected chi connectivity index (χ0v) is 9.59. The number of hydrogen-bond acceptors (Lipinski definition) is 2. The van der Waals surface area contributed by atoms with E-state index in [1.807, 2.05) is 0 Å². The smallest absolute Gasteiger partial charge is 0.149 e. The summed E-state index contributed by atoms with van der Waals surface area (Å²) in [5, 5.41) is 0. The summed E-state index contributed by atoms with van der Waals surface area (Å²) >= 11 is 0. The SMILES string of the molecule is CCCCN(C)CC(=O)C1CCCC1. The molecule has 1 aliphatic carbocycles. The maximum atomic E-state index is 11.8. The van der Waals surface area contributed by atoms with Crippen molar-refractivity contribution in [3.63, 3.8) is 0 Å². The van der Waals surface area contributed by atoms with E-state index in [4.69, 9.17) is 0 Å². The minimum atomic E-state index is 0.388. The predicted molar refractivity (Wildman–Crippen MR) is 59.4 cm³/mol. The van der Waals surface area contributed by atoms with Crippen LogP contribution in [0.2, 0.25) is 0 Å². The molecule has 1 aliphatic rings. The fraction of sp³-hybridized carbons (Fsp3) is 0.917. The average molecular weight is 197 g/mol. The Labute approximate surface area is 87.7 Å². The van der Waals surface area contributed by atoms with Crippen molar-refractivity contribution < 1.29 is 4.79 Å². The van der Waals surface area contributed by atoms with Crippen LogP contribution in [0.25, 0.3) is 0 Å². The van der Waals surface area contributed by atoms with Crippen LogP contribution in [-0.2, 0) is 4.79 Å². The van der Waals surface area contributed by atoms with E-state index in [9.17, 15) is 4.79 Å². The van der Waals surface area contributed by atoms with Crippen molar-refractivity contribution in [1.82, 2.24) is 4.90 Å². The van der Waals surface area contributed by atoms with E-state index < -0.39 is 0 Å². The Bertz CT molecular complexity index is 173. The van der Waals surface area contributed by atoms with Crippen molar-refractivity contribution in [2.24, 2.45) is 5.92 Å². The van der Waals surface area contributed by atoms with E-state index in [1.54, 1.807) is 0 Å². The van der Waals surface area contributed by atoms with Gasteiger partial charge in [-0.05, 0) is 32.9 Å². The molecule has 0 spiro atoms. The normalized spacial score (nSPS) is 17.9. The summed E-state index contributed by atoms with van der Waals surface area (Å²) in [4.78, 5) is 13.9. The standard InChI is InChI=1S/C12H23NO/c1-3-4-9-13(2)10-12(14)11-7-5-6-8-11/h11H,3-10H2,1-2H3. The number of carbonyl (C=O) groups is 1. The maximum absolute atomic E-state index is 11.8. The molecule has 0 bridgehead atoms. The summed E-state index contributed by atoms with van der Waals surface area (Å²) in [5.41, 5.74) is 0. The molecule has 1 fully saturated rings. The first-order chi connectivity index (χ1) is 6.74. The Balaban J connectivity index is 2.18. The second kappa shape index (κ2) is 6.18. The number of Topliss-reactive ketones (excluding diaryl/α,β-unsaturated/α-hetero) is 1. The minimum Gasteiger partial charge on any atom is -0.299 e. The van der Waals surface area contributed by atoms with Crippen molar-refractivity contribution in [1.29, 1.82) is 0 Å². The van der Waals surface area contributed by atoms with Crippen LogP contribution < -0.4 is 0 Å². The number of ketones is 1. The van der Waals surface area contributed by atoms with Crippen molar-refractivity contribution >= 4 is 5.78 Å². The van der Waals surface area contributed by atoms with E-state index in [0.29, 0.717) is 18.2 Å². The summed E-state index contributed by atoms with van der Waals surface area (Å²) in [5.74, 6) is 0.861. The molecule has 0 amide bonds. The number of unbranched alkanes of at least 4 members (excludes halogenated alkanes) is 1. The third-order valence-corrected chi connectivity index (χ3v) is 3.13. The fourth-order valence-corrected chi connectivity index (χ4v) is 2.15. The quantitative estimate of drug-likeness (QED) is 0.652. The molecule has 1 rings (SSSR count). The van der Waals surface area contributed by atoms with E-state index in [1.165, 1.54) is 25.7 Å². The molecule has 0 aromatic carbocycles. The van der Waals surface area contributed by atoms with Crippen LogP contribution in [0.4, 0.5) is 0 Å². The zero-order valence-electron chi connectivity index (χ0n) is 9.59. The number of rotatable bonds is 6. The van der Waals surface area contributed by atoms with Gasteiger partial charge in [-0.15, -0.1) is 0 Å². The number of likely N-dealkylation sites (N-methyl/N-ethyl adjacent to an activating group) is 1. The van der Waals surface area contributed by atoms with Gasteiger partial charge in [-0.25, -0.2) is 0 Å². The summed E-state index contributed by atoms with van der Waals surface area (Å²) in [7, 11) is 2.06. The maximum Gasteiger partial charge on any atom is 0.149 e. The average Bonchev–Trinajstić information content (AvgIpc) is 2.67. The zero-order chi connectivity index (χ0) is 10.4. The molecule has 82 valence electrons. The molecule has 0 unspecified atom stereocenters. The Morgan fingerprint density at radius 1 is 1.36 bits per heavy atom. The number of hydrogen-bond donors (Lipinski definition) is 0. The first-order valence-corrected chi connectivity index (χ1v) is 5.95. The molecule has 14 heavy (non-hydrogen) atoms. The lowest BCUT2D eigenvalue weighted by Crippen LogP contribution is -2.30. The van der Waals surface area contributed by atoms with Crippen molar-refractivity contribution in [3.05, 3.63) is 0 Å². The van der Waals surface area contributed by atoms with Crippen molar-refractivity contribution in [2.45, 2.75) is 45.4 Å². The highest BCUT2D eigenvalue weighted by Crippen LogP contribution is 2.25. The van der Waals surface area contributed by atoms with Gasteiger partial charge >= 0.3 is 0 Å². The molecule has 0 saturated heterocycles. The molecule has 2 heteroatoms. The topological polar surface area (TPSA) is 20.3 Å². The molecule has 0 aromatic rings. The largest absolute Gasteiger partial charge is 0.299 e. The van der Waals surface area contributed by atoms with Gasteiger partial charge in [0.25, 0.3) is 0 Å². The molecule has 0 N–H and O–H groups in total. The second-order valence-electron chi connectivity index (χ2n) is 4.54. The Morgan fingerprint density at radius 3 is 2.57 bits per heavy atom. The highest BCUT2D eigenvalue weighted by Gasteiger charge is 2.22. The van der Waals surface area contributed by atoms with Gasteiger partial charge in [0.15, 0.2) is 0 Å². The van der Waals surface area contributed by atoms with Crippen LogP contribution >= 0.6 is 0 Å².